The molecule has 1 aliphatic heterocycles. The lowest BCUT2D eigenvalue weighted by Crippen LogP contribution is -2.42. The van der Waals surface area contributed by atoms with Crippen LogP contribution in [0.3, 0.4) is 0 Å². The molecule has 2 aliphatic rings. The number of aryl methyl sites for hydroxylation is 1. The third-order valence-corrected chi connectivity index (χ3v) is 5.39. The number of aliphatic hydroxyl groups excluding tert-OH is 1. The zero-order chi connectivity index (χ0) is 15.0. The van der Waals surface area contributed by atoms with Gasteiger partial charge in [-0.05, 0) is 56.2 Å². The first kappa shape index (κ1) is 14.8. The molecular formula is C18H26FNO. The summed E-state index contributed by atoms with van der Waals surface area (Å²) < 4.78 is 13.8. The predicted molar refractivity (Wildman–Crippen MR) is 84.0 cm³/mol. The van der Waals surface area contributed by atoms with Crippen molar-refractivity contribution in [2.45, 2.75) is 52.1 Å². The molecule has 21 heavy (non-hydrogen) atoms. The summed E-state index contributed by atoms with van der Waals surface area (Å²) in [6, 6.07) is 3.43. The average Bonchev–Trinajstić information content (AvgIpc) is 2.49. The van der Waals surface area contributed by atoms with Crippen LogP contribution in [-0.2, 0) is 0 Å². The summed E-state index contributed by atoms with van der Waals surface area (Å²) in [6.07, 6.45) is 6.05. The summed E-state index contributed by atoms with van der Waals surface area (Å²) in [5, 5.41) is 9.99. The second-order valence-electron chi connectivity index (χ2n) is 6.88. The highest BCUT2D eigenvalue weighted by molar-refractivity contribution is 5.57. The van der Waals surface area contributed by atoms with Crippen molar-refractivity contribution in [1.82, 2.24) is 0 Å². The van der Waals surface area contributed by atoms with Crippen LogP contribution in [0.15, 0.2) is 12.1 Å². The number of nitrogens with zero attached hydrogens (tertiary/aromatic N) is 1. The molecule has 3 heteroatoms. The summed E-state index contributed by atoms with van der Waals surface area (Å²) in [4.78, 5) is 2.38. The fourth-order valence-corrected chi connectivity index (χ4v) is 4.11. The van der Waals surface area contributed by atoms with Gasteiger partial charge in [-0.1, -0.05) is 19.3 Å². The number of fused-ring (bicyclic) bond motifs is 1. The van der Waals surface area contributed by atoms with E-state index in [9.17, 15) is 9.50 Å². The molecular weight excluding hydrogens is 265 g/mol. The van der Waals surface area contributed by atoms with Crippen LogP contribution in [0.5, 0.6) is 0 Å². The van der Waals surface area contributed by atoms with Crippen LogP contribution in [0.4, 0.5) is 10.1 Å². The molecule has 0 spiro atoms. The summed E-state index contributed by atoms with van der Waals surface area (Å²) in [5.74, 6) is 1.44. The second kappa shape index (κ2) is 5.96. The quantitative estimate of drug-likeness (QED) is 0.882. The lowest BCUT2D eigenvalue weighted by molar-refractivity contribution is 0.193. The van der Waals surface area contributed by atoms with Gasteiger partial charge in [0.2, 0.25) is 0 Å². The molecule has 2 nitrogen and oxygen atoms in total. The second-order valence-corrected chi connectivity index (χ2v) is 6.88. The molecule has 2 unspecified atom stereocenters. The fourth-order valence-electron chi connectivity index (χ4n) is 4.11. The number of hydrogen-bond acceptors (Lipinski definition) is 2. The number of anilines is 1. The van der Waals surface area contributed by atoms with Crippen molar-refractivity contribution in [3.8, 4) is 0 Å². The maximum absolute atomic E-state index is 13.8. The first-order chi connectivity index (χ1) is 10.1. The van der Waals surface area contributed by atoms with Crippen molar-refractivity contribution < 1.29 is 9.50 Å². The molecule has 116 valence electrons. The van der Waals surface area contributed by atoms with Gasteiger partial charge in [0.15, 0.2) is 0 Å². The van der Waals surface area contributed by atoms with Crippen molar-refractivity contribution in [3.63, 3.8) is 0 Å². The molecule has 1 N–H and O–H groups in total. The summed E-state index contributed by atoms with van der Waals surface area (Å²) >= 11 is 0. The highest BCUT2D eigenvalue weighted by atomic mass is 19.1. The van der Waals surface area contributed by atoms with Crippen molar-refractivity contribution in [2.75, 3.05) is 18.0 Å². The zero-order valence-electron chi connectivity index (χ0n) is 13.1. The summed E-state index contributed by atoms with van der Waals surface area (Å²) in [5.41, 5.74) is 2.43. The van der Waals surface area contributed by atoms with Crippen molar-refractivity contribution in [1.29, 1.82) is 0 Å². The van der Waals surface area contributed by atoms with E-state index in [-0.39, 0.29) is 5.82 Å². The van der Waals surface area contributed by atoms with Crippen LogP contribution in [0.2, 0.25) is 0 Å². The van der Waals surface area contributed by atoms with Gasteiger partial charge in [-0.25, -0.2) is 4.39 Å². The molecule has 0 aromatic heterocycles. The third-order valence-electron chi connectivity index (χ3n) is 5.39. The largest absolute Gasteiger partial charge is 0.389 e. The minimum atomic E-state index is -0.626. The van der Waals surface area contributed by atoms with E-state index in [4.69, 9.17) is 0 Å². The molecule has 0 amide bonds. The van der Waals surface area contributed by atoms with Crippen LogP contribution in [0.25, 0.3) is 0 Å². The summed E-state index contributed by atoms with van der Waals surface area (Å²) in [7, 11) is 0. The molecule has 1 heterocycles. The lowest BCUT2D eigenvalue weighted by atomic mass is 9.75. The Morgan fingerprint density at radius 2 is 1.90 bits per heavy atom. The molecule has 3 rings (SSSR count). The van der Waals surface area contributed by atoms with Gasteiger partial charge in [0.1, 0.15) is 5.82 Å². The number of rotatable bonds is 2. The number of hydrogen-bond donors (Lipinski definition) is 1. The maximum atomic E-state index is 13.8. The molecule has 3 atom stereocenters. The van der Waals surface area contributed by atoms with Gasteiger partial charge in [-0.3, -0.25) is 0 Å². The van der Waals surface area contributed by atoms with E-state index in [1.165, 1.54) is 38.2 Å². The van der Waals surface area contributed by atoms with E-state index in [0.717, 1.165) is 36.2 Å². The first-order valence-electron chi connectivity index (χ1n) is 8.29. The molecule has 0 bridgehead atoms. The number of halogens is 1. The smallest absolute Gasteiger partial charge is 0.126 e. The monoisotopic (exact) mass is 291 g/mol. The highest BCUT2D eigenvalue weighted by Crippen LogP contribution is 2.39. The van der Waals surface area contributed by atoms with Crippen LogP contribution >= 0.6 is 0 Å². The number of piperidine rings is 1. The Bertz CT molecular complexity index is 514. The van der Waals surface area contributed by atoms with Crippen molar-refractivity contribution >= 4 is 5.69 Å². The third kappa shape index (κ3) is 2.94. The predicted octanol–water partition coefficient (Wildman–Crippen LogP) is 4.20. The van der Waals surface area contributed by atoms with Gasteiger partial charge in [0.05, 0.1) is 6.10 Å². The Balaban J connectivity index is 1.87. The van der Waals surface area contributed by atoms with Crippen molar-refractivity contribution in [3.05, 3.63) is 29.1 Å². The molecule has 1 aromatic carbocycles. The van der Waals surface area contributed by atoms with Crippen molar-refractivity contribution in [2.24, 2.45) is 11.8 Å². The fraction of sp³-hybridized carbons (Fsp3) is 0.667. The van der Waals surface area contributed by atoms with Gasteiger partial charge >= 0.3 is 0 Å². The van der Waals surface area contributed by atoms with Gasteiger partial charge in [-0.15, -0.1) is 0 Å². The van der Waals surface area contributed by atoms with Crippen LogP contribution in [0, 0.1) is 24.6 Å². The Morgan fingerprint density at radius 3 is 2.62 bits per heavy atom. The van der Waals surface area contributed by atoms with E-state index in [2.05, 4.69) is 4.90 Å². The molecule has 2 fully saturated rings. The molecule has 1 aliphatic carbocycles. The topological polar surface area (TPSA) is 23.5 Å². The van der Waals surface area contributed by atoms with E-state index < -0.39 is 6.10 Å². The lowest BCUT2D eigenvalue weighted by Gasteiger charge is -2.43. The minimum Gasteiger partial charge on any atom is -0.389 e. The number of benzene rings is 1. The van der Waals surface area contributed by atoms with E-state index in [1.807, 2.05) is 6.07 Å². The van der Waals surface area contributed by atoms with Crippen LogP contribution in [-0.4, -0.2) is 18.2 Å². The Labute approximate surface area is 127 Å². The molecule has 0 radical (unpaired) electrons. The van der Waals surface area contributed by atoms with Gasteiger partial charge in [0.25, 0.3) is 0 Å². The average molecular weight is 291 g/mol. The summed E-state index contributed by atoms with van der Waals surface area (Å²) in [6.45, 7) is 5.63. The maximum Gasteiger partial charge on any atom is 0.126 e. The van der Waals surface area contributed by atoms with Gasteiger partial charge in [-0.2, -0.15) is 0 Å². The molecule has 1 aromatic rings. The van der Waals surface area contributed by atoms with Gasteiger partial charge in [0, 0.05) is 24.3 Å². The highest BCUT2D eigenvalue weighted by Gasteiger charge is 2.32. The molecule has 1 saturated heterocycles. The van der Waals surface area contributed by atoms with Crippen LogP contribution in [0.1, 0.15) is 56.3 Å². The van der Waals surface area contributed by atoms with E-state index in [0.29, 0.717) is 5.56 Å². The zero-order valence-corrected chi connectivity index (χ0v) is 13.1. The minimum absolute atomic E-state index is 0.220. The molecule has 1 saturated carbocycles. The first-order valence-corrected chi connectivity index (χ1v) is 8.29. The Morgan fingerprint density at radius 1 is 1.19 bits per heavy atom. The Hall–Kier alpha value is -1.09. The van der Waals surface area contributed by atoms with E-state index in [1.54, 1.807) is 13.8 Å². The van der Waals surface area contributed by atoms with Crippen LogP contribution < -0.4 is 4.90 Å². The SMILES string of the molecule is Cc1cc(N2CCC3CCCCC3C2)c([C@H](C)O)cc1F. The Kier molecular flexibility index (Phi) is 4.21. The van der Waals surface area contributed by atoms with E-state index >= 15 is 0 Å². The number of aliphatic hydroxyl groups is 1. The standard InChI is InChI=1S/C18H26FNO/c1-12-9-18(16(13(2)21)10-17(12)19)20-8-7-14-5-3-4-6-15(14)11-20/h9-10,13-15,21H,3-8,11H2,1-2H3/t13-,14?,15?/m0/s1. The normalized spacial score (nSPS) is 27.3. The van der Waals surface area contributed by atoms with Gasteiger partial charge < -0.3 is 10.0 Å².